The number of nitrogens with zero attached hydrogens (tertiary/aromatic N) is 2. The van der Waals surface area contributed by atoms with Gasteiger partial charge in [0.25, 0.3) is 0 Å². The molecule has 1 unspecified atom stereocenters. The number of hydrogen-bond donors (Lipinski definition) is 2. The molecule has 0 saturated carbocycles. The first-order valence-corrected chi connectivity index (χ1v) is 11.7. The lowest BCUT2D eigenvalue weighted by atomic mass is 9.93. The van der Waals surface area contributed by atoms with Crippen molar-refractivity contribution in [3.05, 3.63) is 96.1 Å². The van der Waals surface area contributed by atoms with Crippen LogP contribution in [0.3, 0.4) is 0 Å². The summed E-state index contributed by atoms with van der Waals surface area (Å²) in [7, 11) is 3.22. The summed E-state index contributed by atoms with van der Waals surface area (Å²) >= 11 is 5.85. The zero-order valence-corrected chi connectivity index (χ0v) is 20.3. The Morgan fingerprint density at radius 2 is 1.74 bits per heavy atom. The molecule has 1 atom stereocenters. The smallest absolute Gasteiger partial charge is 0.194 e. The van der Waals surface area contributed by atoms with Crippen LogP contribution < -0.4 is 14.8 Å². The Kier molecular flexibility index (Phi) is 6.25. The Labute approximate surface area is 209 Å². The summed E-state index contributed by atoms with van der Waals surface area (Å²) in [5.41, 5.74) is 3.18. The lowest BCUT2D eigenvalue weighted by molar-refractivity contribution is 0.377. The van der Waals surface area contributed by atoms with Gasteiger partial charge in [-0.3, -0.25) is 0 Å². The fourth-order valence-electron chi connectivity index (χ4n) is 4.49. The first kappa shape index (κ1) is 22.7. The molecule has 4 aromatic rings. The van der Waals surface area contributed by atoms with Crippen LogP contribution in [0.1, 0.15) is 23.6 Å². The summed E-state index contributed by atoms with van der Waals surface area (Å²) in [6, 6.07) is 27.1. The number of hydrogen-bond acceptors (Lipinski definition) is 5. The van der Waals surface area contributed by atoms with Gasteiger partial charge in [-0.05, 0) is 52.8 Å². The Morgan fingerprint density at radius 3 is 2.57 bits per heavy atom. The summed E-state index contributed by atoms with van der Waals surface area (Å²) in [6.45, 7) is 0. The standard InChI is InChI=1S/C28H25N3O3S/c1-33-20-11-6-10-19(16-20)29-28(35)31-24(22-13-5-9-18-8-3-4-12-21(18)22)17-23(30-31)27-25(32)14-7-15-26(27)34-2/h3-16,24,32H,17H2,1-2H3,(H,29,35). The van der Waals surface area contributed by atoms with E-state index in [0.29, 0.717) is 28.6 Å². The molecule has 0 aromatic heterocycles. The largest absolute Gasteiger partial charge is 0.507 e. The number of aromatic hydroxyl groups is 1. The van der Waals surface area contributed by atoms with E-state index in [1.807, 2.05) is 53.5 Å². The first-order chi connectivity index (χ1) is 17.1. The number of phenolic OH excluding ortho intramolecular Hbond substituents is 1. The molecule has 1 aliphatic heterocycles. The monoisotopic (exact) mass is 483 g/mol. The molecule has 1 heterocycles. The number of rotatable bonds is 5. The molecule has 0 fully saturated rings. The molecule has 2 N–H and O–H groups in total. The molecule has 0 amide bonds. The van der Waals surface area contributed by atoms with E-state index in [1.54, 1.807) is 26.4 Å². The molecular formula is C28H25N3O3S. The van der Waals surface area contributed by atoms with Crippen molar-refractivity contribution in [1.29, 1.82) is 0 Å². The molecule has 4 aromatic carbocycles. The van der Waals surface area contributed by atoms with Crippen LogP contribution in [0.4, 0.5) is 5.69 Å². The maximum Gasteiger partial charge on any atom is 0.194 e. The van der Waals surface area contributed by atoms with E-state index >= 15 is 0 Å². The molecule has 7 heteroatoms. The maximum absolute atomic E-state index is 10.7. The number of ether oxygens (including phenoxy) is 2. The van der Waals surface area contributed by atoms with Gasteiger partial charge in [0.1, 0.15) is 17.2 Å². The number of anilines is 1. The van der Waals surface area contributed by atoms with Crippen molar-refractivity contribution >= 4 is 39.5 Å². The highest BCUT2D eigenvalue weighted by Crippen LogP contribution is 2.40. The SMILES string of the molecule is COc1cccc(NC(=S)N2N=C(c3c(O)cccc3OC)CC2c2cccc3ccccc23)c1. The van der Waals surface area contributed by atoms with Gasteiger partial charge in [0.05, 0.1) is 31.5 Å². The highest BCUT2D eigenvalue weighted by atomic mass is 32.1. The van der Waals surface area contributed by atoms with Crippen molar-refractivity contribution in [2.75, 3.05) is 19.5 Å². The molecule has 0 bridgehead atoms. The molecule has 5 rings (SSSR count). The number of methoxy groups -OCH3 is 2. The number of fused-ring (bicyclic) bond motifs is 1. The van der Waals surface area contributed by atoms with Crippen LogP contribution in [-0.2, 0) is 0 Å². The fraction of sp³-hybridized carbons (Fsp3) is 0.143. The third-order valence-electron chi connectivity index (χ3n) is 6.13. The van der Waals surface area contributed by atoms with Gasteiger partial charge in [0.2, 0.25) is 0 Å². The highest BCUT2D eigenvalue weighted by molar-refractivity contribution is 7.80. The Bertz CT molecular complexity index is 1430. The average Bonchev–Trinajstić information content (AvgIpc) is 3.33. The van der Waals surface area contributed by atoms with Gasteiger partial charge < -0.3 is 19.9 Å². The third-order valence-corrected chi connectivity index (χ3v) is 6.42. The summed E-state index contributed by atoms with van der Waals surface area (Å²) in [5, 5.41) is 23.4. The molecule has 35 heavy (non-hydrogen) atoms. The number of benzene rings is 4. The Morgan fingerprint density at radius 1 is 0.971 bits per heavy atom. The minimum Gasteiger partial charge on any atom is -0.507 e. The van der Waals surface area contributed by atoms with Gasteiger partial charge in [0, 0.05) is 18.2 Å². The number of thiocarbonyl (C=S) groups is 1. The molecule has 176 valence electrons. The lowest BCUT2D eigenvalue weighted by Crippen LogP contribution is -2.31. The van der Waals surface area contributed by atoms with Crippen molar-refractivity contribution < 1.29 is 14.6 Å². The van der Waals surface area contributed by atoms with Gasteiger partial charge >= 0.3 is 0 Å². The zero-order valence-electron chi connectivity index (χ0n) is 19.4. The quantitative estimate of drug-likeness (QED) is 0.334. The van der Waals surface area contributed by atoms with Crippen LogP contribution in [0.5, 0.6) is 17.2 Å². The molecule has 0 aliphatic carbocycles. The van der Waals surface area contributed by atoms with E-state index in [4.69, 9.17) is 26.8 Å². The van der Waals surface area contributed by atoms with E-state index in [9.17, 15) is 5.11 Å². The highest BCUT2D eigenvalue weighted by Gasteiger charge is 2.34. The van der Waals surface area contributed by atoms with Crippen LogP contribution in [0.25, 0.3) is 10.8 Å². The van der Waals surface area contributed by atoms with Crippen molar-refractivity contribution in [3.63, 3.8) is 0 Å². The van der Waals surface area contributed by atoms with E-state index in [1.165, 1.54) is 0 Å². The first-order valence-electron chi connectivity index (χ1n) is 11.2. The molecular weight excluding hydrogens is 458 g/mol. The van der Waals surface area contributed by atoms with E-state index in [-0.39, 0.29) is 11.8 Å². The van der Waals surface area contributed by atoms with Crippen molar-refractivity contribution in [3.8, 4) is 17.2 Å². The van der Waals surface area contributed by atoms with Gasteiger partial charge in [0.15, 0.2) is 5.11 Å². The summed E-state index contributed by atoms with van der Waals surface area (Å²) in [5.74, 6) is 1.41. The maximum atomic E-state index is 10.7. The number of hydrazone groups is 1. The average molecular weight is 484 g/mol. The minimum absolute atomic E-state index is 0.119. The van der Waals surface area contributed by atoms with Crippen molar-refractivity contribution in [2.24, 2.45) is 5.10 Å². The van der Waals surface area contributed by atoms with Crippen LogP contribution >= 0.6 is 12.2 Å². The molecule has 6 nitrogen and oxygen atoms in total. The van der Waals surface area contributed by atoms with E-state index in [0.717, 1.165) is 27.8 Å². The summed E-state index contributed by atoms with van der Waals surface area (Å²) in [4.78, 5) is 0. The zero-order chi connectivity index (χ0) is 24.4. The Hall–Kier alpha value is -4.10. The van der Waals surface area contributed by atoms with Gasteiger partial charge in [-0.25, -0.2) is 5.01 Å². The van der Waals surface area contributed by atoms with E-state index in [2.05, 4.69) is 29.6 Å². The van der Waals surface area contributed by atoms with Crippen LogP contribution in [0, 0.1) is 0 Å². The third kappa shape index (κ3) is 4.38. The van der Waals surface area contributed by atoms with Gasteiger partial charge in [-0.1, -0.05) is 54.6 Å². The van der Waals surface area contributed by atoms with Crippen LogP contribution in [-0.4, -0.2) is 35.2 Å². The number of phenols is 1. The normalized spacial score (nSPS) is 15.1. The van der Waals surface area contributed by atoms with Crippen LogP contribution in [0.15, 0.2) is 90.0 Å². The van der Waals surface area contributed by atoms with Gasteiger partial charge in [-0.2, -0.15) is 5.10 Å². The Balaban J connectivity index is 1.58. The summed E-state index contributed by atoms with van der Waals surface area (Å²) < 4.78 is 10.9. The van der Waals surface area contributed by atoms with E-state index < -0.39 is 0 Å². The molecule has 0 saturated heterocycles. The second-order valence-electron chi connectivity index (χ2n) is 8.20. The van der Waals surface area contributed by atoms with Gasteiger partial charge in [-0.15, -0.1) is 0 Å². The summed E-state index contributed by atoms with van der Waals surface area (Å²) in [6.07, 6.45) is 0.544. The minimum atomic E-state index is -0.175. The lowest BCUT2D eigenvalue weighted by Gasteiger charge is -2.26. The predicted octanol–water partition coefficient (Wildman–Crippen LogP) is 6.11. The number of nitrogens with one attached hydrogen (secondary N) is 1. The topological polar surface area (TPSA) is 66.3 Å². The van der Waals surface area contributed by atoms with Crippen LogP contribution in [0.2, 0.25) is 0 Å². The molecule has 0 radical (unpaired) electrons. The van der Waals surface area contributed by atoms with Crippen molar-refractivity contribution in [1.82, 2.24) is 5.01 Å². The van der Waals surface area contributed by atoms with Crippen molar-refractivity contribution in [2.45, 2.75) is 12.5 Å². The molecule has 1 aliphatic rings. The second kappa shape index (κ2) is 9.64. The second-order valence-corrected chi connectivity index (χ2v) is 8.58. The molecule has 0 spiro atoms. The fourth-order valence-corrected chi connectivity index (χ4v) is 4.78. The predicted molar refractivity (Wildman–Crippen MR) is 144 cm³/mol.